The largest absolute Gasteiger partial charge is 0.511 e. The maximum absolute atomic E-state index is 12.6. The topological polar surface area (TPSA) is 105 Å². The first-order chi connectivity index (χ1) is 12.1. The number of aliphatic imine (C=N–C) groups is 1. The minimum atomic E-state index is -5.25. The summed E-state index contributed by atoms with van der Waals surface area (Å²) < 4.78 is 62.6. The highest BCUT2D eigenvalue weighted by Gasteiger charge is 2.50. The van der Waals surface area contributed by atoms with E-state index in [0.29, 0.717) is 36.2 Å². The second-order valence-corrected chi connectivity index (χ2v) is 7.83. The van der Waals surface area contributed by atoms with Crippen molar-refractivity contribution >= 4 is 40.0 Å². The second kappa shape index (κ2) is 9.86. The third-order valence-electron chi connectivity index (χ3n) is 4.21. The maximum Gasteiger partial charge on any atom is 0.511 e. The quantitative estimate of drug-likeness (QED) is 0.333. The molecule has 0 saturated carbocycles. The average Bonchev–Trinajstić information content (AvgIpc) is 2.99. The number of guanidine groups is 1. The van der Waals surface area contributed by atoms with Crippen LogP contribution in [-0.2, 0) is 23.6 Å². The average molecular weight is 525 g/mol. The Labute approximate surface area is 172 Å². The van der Waals surface area contributed by atoms with E-state index in [4.69, 9.17) is 0 Å². The van der Waals surface area contributed by atoms with Crippen LogP contribution in [0.5, 0.6) is 0 Å². The summed E-state index contributed by atoms with van der Waals surface area (Å²) >= 11 is 0. The van der Waals surface area contributed by atoms with Crippen molar-refractivity contribution < 1.29 is 21.6 Å². The van der Waals surface area contributed by atoms with E-state index in [1.54, 1.807) is 18.8 Å². The standard InChI is InChI=1S/C13H22F3N7O2S.HI/c1-17-12(19-8-11-20-9-21-22(11)2)18-7-10-3-5-23(6-4-10)26(24,25)13(14,15)16;/h9-10H,3-8H2,1-2H3,(H2,17,18,19);1H. The Balaban J connectivity index is 0.00000364. The fourth-order valence-corrected chi connectivity index (χ4v) is 3.59. The first-order valence-corrected chi connectivity index (χ1v) is 9.43. The summed E-state index contributed by atoms with van der Waals surface area (Å²) in [6, 6.07) is 0. The van der Waals surface area contributed by atoms with Crippen molar-refractivity contribution in [2.45, 2.75) is 24.9 Å². The monoisotopic (exact) mass is 525 g/mol. The number of hydrogen-bond acceptors (Lipinski definition) is 5. The van der Waals surface area contributed by atoms with Gasteiger partial charge in [0.1, 0.15) is 12.2 Å². The van der Waals surface area contributed by atoms with Gasteiger partial charge in [-0.05, 0) is 18.8 Å². The molecule has 1 saturated heterocycles. The lowest BCUT2D eigenvalue weighted by atomic mass is 9.98. The molecule has 14 heteroatoms. The number of piperidine rings is 1. The molecule has 2 rings (SSSR count). The van der Waals surface area contributed by atoms with Gasteiger partial charge in [-0.1, -0.05) is 0 Å². The third kappa shape index (κ3) is 6.17. The van der Waals surface area contributed by atoms with Crippen molar-refractivity contribution in [2.24, 2.45) is 18.0 Å². The minimum Gasteiger partial charge on any atom is -0.356 e. The molecule has 27 heavy (non-hydrogen) atoms. The van der Waals surface area contributed by atoms with Crippen molar-refractivity contribution in [2.75, 3.05) is 26.7 Å². The van der Waals surface area contributed by atoms with E-state index in [1.807, 2.05) is 0 Å². The molecule has 2 N–H and O–H groups in total. The summed E-state index contributed by atoms with van der Waals surface area (Å²) in [7, 11) is -1.87. The fraction of sp³-hybridized carbons (Fsp3) is 0.769. The van der Waals surface area contributed by atoms with E-state index < -0.39 is 15.5 Å². The van der Waals surface area contributed by atoms with Crippen molar-refractivity contribution in [1.29, 1.82) is 0 Å². The molecule has 1 aromatic rings. The van der Waals surface area contributed by atoms with Crippen molar-refractivity contribution in [1.82, 2.24) is 29.7 Å². The van der Waals surface area contributed by atoms with Gasteiger partial charge in [-0.15, -0.1) is 24.0 Å². The zero-order chi connectivity index (χ0) is 19.4. The van der Waals surface area contributed by atoms with Crippen LogP contribution in [0, 0.1) is 5.92 Å². The summed E-state index contributed by atoms with van der Waals surface area (Å²) in [5.41, 5.74) is -5.25. The number of sulfonamides is 1. The molecule has 2 heterocycles. The number of alkyl halides is 3. The molecule has 1 fully saturated rings. The van der Waals surface area contributed by atoms with Crippen LogP contribution in [0.2, 0.25) is 0 Å². The molecular formula is C13H23F3IN7O2S. The Bertz CT molecular complexity index is 731. The normalized spacial score (nSPS) is 17.4. The SMILES string of the molecule is CN=C(NCc1ncnn1C)NCC1CCN(S(=O)(=O)C(F)(F)F)CC1.I. The van der Waals surface area contributed by atoms with Crippen LogP contribution in [0.3, 0.4) is 0 Å². The van der Waals surface area contributed by atoms with Crippen LogP contribution in [0.4, 0.5) is 13.2 Å². The van der Waals surface area contributed by atoms with Crippen LogP contribution in [-0.4, -0.2) is 65.6 Å². The molecule has 156 valence electrons. The van der Waals surface area contributed by atoms with E-state index in [2.05, 4.69) is 25.7 Å². The summed E-state index contributed by atoms with van der Waals surface area (Å²) in [6.07, 6.45) is 2.14. The van der Waals surface area contributed by atoms with Crippen molar-refractivity contribution in [3.63, 3.8) is 0 Å². The van der Waals surface area contributed by atoms with Gasteiger partial charge in [-0.3, -0.25) is 9.67 Å². The number of aromatic nitrogens is 3. The van der Waals surface area contributed by atoms with Gasteiger partial charge in [0.05, 0.1) is 6.54 Å². The summed E-state index contributed by atoms with van der Waals surface area (Å²) in [5.74, 6) is 1.31. The Hall–Kier alpha value is -1.16. The minimum absolute atomic E-state index is 0. The number of nitrogens with zero attached hydrogens (tertiary/aromatic N) is 5. The van der Waals surface area contributed by atoms with Crippen molar-refractivity contribution in [3.8, 4) is 0 Å². The van der Waals surface area contributed by atoms with E-state index in [-0.39, 0.29) is 43.0 Å². The fourth-order valence-electron chi connectivity index (χ4n) is 2.60. The number of hydrogen-bond donors (Lipinski definition) is 2. The Kier molecular flexibility index (Phi) is 8.72. The molecule has 0 spiro atoms. The molecule has 0 unspecified atom stereocenters. The lowest BCUT2D eigenvalue weighted by Crippen LogP contribution is -2.47. The maximum atomic E-state index is 12.6. The molecule has 1 aliphatic heterocycles. The zero-order valence-electron chi connectivity index (χ0n) is 14.9. The Morgan fingerprint density at radius 2 is 1.96 bits per heavy atom. The van der Waals surface area contributed by atoms with Gasteiger partial charge in [0.25, 0.3) is 0 Å². The lowest BCUT2D eigenvalue weighted by molar-refractivity contribution is -0.0496. The summed E-state index contributed by atoms with van der Waals surface area (Å²) in [6.45, 7) is 0.620. The molecule has 9 nitrogen and oxygen atoms in total. The van der Waals surface area contributed by atoms with E-state index in [1.165, 1.54) is 6.33 Å². The molecule has 0 radical (unpaired) electrons. The predicted octanol–water partition coefficient (Wildman–Crippen LogP) is 0.660. The molecule has 1 aliphatic rings. The zero-order valence-corrected chi connectivity index (χ0v) is 18.0. The van der Waals surface area contributed by atoms with Crippen LogP contribution < -0.4 is 10.6 Å². The number of rotatable bonds is 5. The molecular weight excluding hydrogens is 502 g/mol. The van der Waals surface area contributed by atoms with Crippen LogP contribution in [0.15, 0.2) is 11.3 Å². The molecule has 1 aromatic heterocycles. The van der Waals surface area contributed by atoms with Crippen LogP contribution >= 0.6 is 24.0 Å². The van der Waals surface area contributed by atoms with Crippen molar-refractivity contribution in [3.05, 3.63) is 12.2 Å². The Morgan fingerprint density at radius 3 is 2.44 bits per heavy atom. The Morgan fingerprint density at radius 1 is 1.33 bits per heavy atom. The predicted molar refractivity (Wildman–Crippen MR) is 104 cm³/mol. The molecule has 0 amide bonds. The van der Waals surface area contributed by atoms with E-state index >= 15 is 0 Å². The third-order valence-corrected chi connectivity index (χ3v) is 5.84. The summed E-state index contributed by atoms with van der Waals surface area (Å²) in [4.78, 5) is 8.15. The smallest absolute Gasteiger partial charge is 0.356 e. The van der Waals surface area contributed by atoms with Gasteiger partial charge in [-0.25, -0.2) is 13.4 Å². The van der Waals surface area contributed by atoms with E-state index in [0.717, 1.165) is 5.82 Å². The molecule has 0 atom stereocenters. The van der Waals surface area contributed by atoms with Gasteiger partial charge in [0.15, 0.2) is 5.96 Å². The van der Waals surface area contributed by atoms with Gasteiger partial charge in [0.2, 0.25) is 0 Å². The van der Waals surface area contributed by atoms with Gasteiger partial charge in [-0.2, -0.15) is 22.6 Å². The lowest BCUT2D eigenvalue weighted by Gasteiger charge is -2.31. The number of halogens is 4. The highest BCUT2D eigenvalue weighted by atomic mass is 127. The van der Waals surface area contributed by atoms with Gasteiger partial charge >= 0.3 is 15.5 Å². The second-order valence-electron chi connectivity index (χ2n) is 5.90. The molecule has 0 aromatic carbocycles. The first-order valence-electron chi connectivity index (χ1n) is 7.99. The van der Waals surface area contributed by atoms with Crippen LogP contribution in [0.1, 0.15) is 18.7 Å². The van der Waals surface area contributed by atoms with Gasteiger partial charge in [0, 0.05) is 33.7 Å². The number of aryl methyl sites for hydroxylation is 1. The molecule has 0 aliphatic carbocycles. The highest BCUT2D eigenvalue weighted by molar-refractivity contribution is 14.0. The summed E-state index contributed by atoms with van der Waals surface area (Å²) in [5, 5.41) is 10.1. The number of nitrogens with one attached hydrogen (secondary N) is 2. The van der Waals surface area contributed by atoms with E-state index in [9.17, 15) is 21.6 Å². The highest BCUT2D eigenvalue weighted by Crippen LogP contribution is 2.30. The molecule has 0 bridgehead atoms. The first kappa shape index (κ1) is 23.9. The van der Waals surface area contributed by atoms with Crippen LogP contribution in [0.25, 0.3) is 0 Å². The van der Waals surface area contributed by atoms with Gasteiger partial charge < -0.3 is 10.6 Å².